The molecule has 0 saturated heterocycles. The molecule has 0 fully saturated rings. The standard InChI is InChI=1S/C18H20ClNO/c1-20(2)14-8-13-9-17(19)18(21)11-16(13)15(10-14)12-6-4-3-5-7-12/h3-7,9,11,14-15,21H,8,10H2,1-2H3/t14-,15+/m0/s1. The van der Waals surface area contributed by atoms with Crippen LogP contribution in [0.5, 0.6) is 5.75 Å². The summed E-state index contributed by atoms with van der Waals surface area (Å²) in [6, 6.07) is 14.8. The molecule has 0 aromatic heterocycles. The topological polar surface area (TPSA) is 23.5 Å². The van der Waals surface area contributed by atoms with Crippen LogP contribution in [-0.2, 0) is 6.42 Å². The highest BCUT2D eigenvalue weighted by molar-refractivity contribution is 6.32. The summed E-state index contributed by atoms with van der Waals surface area (Å²) in [5.41, 5.74) is 3.75. The third kappa shape index (κ3) is 2.78. The summed E-state index contributed by atoms with van der Waals surface area (Å²) < 4.78 is 0. The predicted molar refractivity (Wildman–Crippen MR) is 87.2 cm³/mol. The average molecular weight is 302 g/mol. The van der Waals surface area contributed by atoms with Gasteiger partial charge in [-0.1, -0.05) is 41.9 Å². The number of phenolic OH excluding ortho intramolecular Hbond substituents is 1. The Balaban J connectivity index is 2.10. The highest BCUT2D eigenvalue weighted by Crippen LogP contribution is 2.41. The van der Waals surface area contributed by atoms with Crippen molar-refractivity contribution in [2.24, 2.45) is 0 Å². The molecule has 1 N–H and O–H groups in total. The Morgan fingerprint density at radius 1 is 1.14 bits per heavy atom. The number of hydrogen-bond donors (Lipinski definition) is 1. The molecule has 0 spiro atoms. The van der Waals surface area contributed by atoms with Gasteiger partial charge in [-0.2, -0.15) is 0 Å². The second-order valence-electron chi connectivity index (χ2n) is 6.02. The van der Waals surface area contributed by atoms with Crippen molar-refractivity contribution in [3.8, 4) is 5.75 Å². The summed E-state index contributed by atoms with van der Waals surface area (Å²) in [6.45, 7) is 0. The Kier molecular flexibility index (Phi) is 3.92. The predicted octanol–water partition coefficient (Wildman–Crippen LogP) is 4.05. The largest absolute Gasteiger partial charge is 0.506 e. The minimum Gasteiger partial charge on any atom is -0.506 e. The van der Waals surface area contributed by atoms with Crippen LogP contribution in [0.15, 0.2) is 42.5 Å². The van der Waals surface area contributed by atoms with Crippen molar-refractivity contribution in [2.45, 2.75) is 24.8 Å². The fourth-order valence-corrected chi connectivity index (χ4v) is 3.44. The van der Waals surface area contributed by atoms with Gasteiger partial charge >= 0.3 is 0 Å². The lowest BCUT2D eigenvalue weighted by Gasteiger charge is -2.35. The smallest absolute Gasteiger partial charge is 0.134 e. The summed E-state index contributed by atoms with van der Waals surface area (Å²) >= 11 is 6.10. The third-order valence-electron chi connectivity index (χ3n) is 4.48. The molecule has 2 aromatic rings. The van der Waals surface area contributed by atoms with Crippen LogP contribution in [0.4, 0.5) is 0 Å². The zero-order valence-corrected chi connectivity index (χ0v) is 13.1. The van der Waals surface area contributed by atoms with Crippen molar-refractivity contribution >= 4 is 11.6 Å². The minimum atomic E-state index is 0.180. The molecular weight excluding hydrogens is 282 g/mol. The van der Waals surface area contributed by atoms with E-state index in [9.17, 15) is 5.11 Å². The van der Waals surface area contributed by atoms with Gasteiger partial charge in [0.15, 0.2) is 0 Å². The van der Waals surface area contributed by atoms with Crippen molar-refractivity contribution < 1.29 is 5.11 Å². The van der Waals surface area contributed by atoms with Crippen LogP contribution >= 0.6 is 11.6 Å². The van der Waals surface area contributed by atoms with Gasteiger partial charge in [0.2, 0.25) is 0 Å². The lowest BCUT2D eigenvalue weighted by molar-refractivity contribution is 0.258. The maximum Gasteiger partial charge on any atom is 0.134 e. The quantitative estimate of drug-likeness (QED) is 0.904. The molecule has 0 heterocycles. The first-order valence-electron chi connectivity index (χ1n) is 7.29. The van der Waals surface area contributed by atoms with Gasteiger partial charge in [-0.25, -0.2) is 0 Å². The van der Waals surface area contributed by atoms with Crippen LogP contribution in [0.25, 0.3) is 0 Å². The van der Waals surface area contributed by atoms with E-state index in [4.69, 9.17) is 11.6 Å². The molecule has 0 bridgehead atoms. The van der Waals surface area contributed by atoms with Crippen molar-refractivity contribution in [3.05, 3.63) is 64.2 Å². The number of hydrogen-bond acceptors (Lipinski definition) is 2. The second-order valence-corrected chi connectivity index (χ2v) is 6.43. The normalized spacial score (nSPS) is 21.3. The van der Waals surface area contributed by atoms with E-state index in [2.05, 4.69) is 43.3 Å². The molecule has 1 aliphatic carbocycles. The number of rotatable bonds is 2. The van der Waals surface area contributed by atoms with Gasteiger partial charge in [-0.3, -0.25) is 0 Å². The molecule has 2 nitrogen and oxygen atoms in total. The van der Waals surface area contributed by atoms with Crippen LogP contribution in [0, 0.1) is 0 Å². The van der Waals surface area contributed by atoms with Gasteiger partial charge in [-0.15, -0.1) is 0 Å². The van der Waals surface area contributed by atoms with Crippen molar-refractivity contribution in [1.82, 2.24) is 4.90 Å². The highest BCUT2D eigenvalue weighted by Gasteiger charge is 2.30. The third-order valence-corrected chi connectivity index (χ3v) is 4.78. The molecular formula is C18H20ClNO. The van der Waals surface area contributed by atoms with Crippen molar-refractivity contribution in [2.75, 3.05) is 14.1 Å². The van der Waals surface area contributed by atoms with E-state index in [1.165, 1.54) is 16.7 Å². The van der Waals surface area contributed by atoms with Gasteiger partial charge in [0.1, 0.15) is 5.75 Å². The van der Waals surface area contributed by atoms with E-state index >= 15 is 0 Å². The van der Waals surface area contributed by atoms with Crippen LogP contribution < -0.4 is 0 Å². The molecule has 21 heavy (non-hydrogen) atoms. The molecule has 3 heteroatoms. The molecule has 2 atom stereocenters. The molecule has 3 rings (SSSR count). The molecule has 0 aliphatic heterocycles. The zero-order chi connectivity index (χ0) is 15.0. The molecule has 110 valence electrons. The zero-order valence-electron chi connectivity index (χ0n) is 12.4. The number of aromatic hydroxyl groups is 1. The lowest BCUT2D eigenvalue weighted by Crippen LogP contribution is -2.35. The van der Waals surface area contributed by atoms with Gasteiger partial charge in [-0.05, 0) is 55.8 Å². The number of fused-ring (bicyclic) bond motifs is 1. The maximum atomic E-state index is 9.97. The minimum absolute atomic E-state index is 0.180. The molecule has 0 radical (unpaired) electrons. The monoisotopic (exact) mass is 301 g/mol. The number of halogens is 1. The summed E-state index contributed by atoms with van der Waals surface area (Å²) in [4.78, 5) is 2.28. The molecule has 1 aliphatic rings. The summed E-state index contributed by atoms with van der Waals surface area (Å²) in [6.07, 6.45) is 2.04. The molecule has 0 amide bonds. The first kappa shape index (κ1) is 14.4. The van der Waals surface area contributed by atoms with Crippen LogP contribution in [-0.4, -0.2) is 30.1 Å². The van der Waals surface area contributed by atoms with E-state index in [1.54, 1.807) is 0 Å². The first-order valence-corrected chi connectivity index (χ1v) is 7.66. The fourth-order valence-electron chi connectivity index (χ4n) is 3.25. The molecule has 0 unspecified atom stereocenters. The number of benzene rings is 2. The summed E-state index contributed by atoms with van der Waals surface area (Å²) in [5.74, 6) is 0.491. The summed E-state index contributed by atoms with van der Waals surface area (Å²) in [7, 11) is 4.25. The fraction of sp³-hybridized carbons (Fsp3) is 0.333. The van der Waals surface area contributed by atoms with E-state index in [-0.39, 0.29) is 5.75 Å². The first-order chi connectivity index (χ1) is 10.1. The molecule has 2 aromatic carbocycles. The average Bonchev–Trinajstić information content (AvgIpc) is 2.48. The SMILES string of the molecule is CN(C)[C@H]1Cc2cc(Cl)c(O)cc2[C@@H](c2ccccc2)C1. The summed E-state index contributed by atoms with van der Waals surface area (Å²) in [5, 5.41) is 10.4. The van der Waals surface area contributed by atoms with Crippen LogP contribution in [0.3, 0.4) is 0 Å². The Hall–Kier alpha value is -1.51. The molecule has 0 saturated carbocycles. The second kappa shape index (κ2) is 5.70. The Morgan fingerprint density at radius 2 is 1.86 bits per heavy atom. The Morgan fingerprint density at radius 3 is 2.52 bits per heavy atom. The highest BCUT2D eigenvalue weighted by atomic mass is 35.5. The van der Waals surface area contributed by atoms with Gasteiger partial charge in [0, 0.05) is 12.0 Å². The van der Waals surface area contributed by atoms with Gasteiger partial charge < -0.3 is 10.0 Å². The Bertz CT molecular complexity index is 639. The van der Waals surface area contributed by atoms with Crippen LogP contribution in [0.2, 0.25) is 5.02 Å². The number of nitrogens with zero attached hydrogens (tertiary/aromatic N) is 1. The van der Waals surface area contributed by atoms with Crippen molar-refractivity contribution in [1.29, 1.82) is 0 Å². The van der Waals surface area contributed by atoms with E-state index in [0.717, 1.165) is 12.8 Å². The number of phenols is 1. The lowest BCUT2D eigenvalue weighted by atomic mass is 9.76. The van der Waals surface area contributed by atoms with E-state index in [0.29, 0.717) is 17.0 Å². The Labute approximate surface area is 131 Å². The van der Waals surface area contributed by atoms with Crippen LogP contribution in [0.1, 0.15) is 29.0 Å². The van der Waals surface area contributed by atoms with E-state index < -0.39 is 0 Å². The van der Waals surface area contributed by atoms with Crippen molar-refractivity contribution in [3.63, 3.8) is 0 Å². The number of likely N-dealkylation sites (N-methyl/N-ethyl adjacent to an activating group) is 1. The maximum absolute atomic E-state index is 9.97. The van der Waals surface area contributed by atoms with Gasteiger partial charge in [0.25, 0.3) is 0 Å². The van der Waals surface area contributed by atoms with E-state index in [1.807, 2.05) is 18.2 Å². The van der Waals surface area contributed by atoms with Gasteiger partial charge in [0.05, 0.1) is 5.02 Å².